The lowest BCUT2D eigenvalue weighted by Gasteiger charge is -2.50. The van der Waals surface area contributed by atoms with Gasteiger partial charge in [0, 0.05) is 24.6 Å². The maximum absolute atomic E-state index is 13.4. The monoisotopic (exact) mass is 547 g/mol. The van der Waals surface area contributed by atoms with E-state index in [1.165, 1.54) is 7.11 Å². The number of fused-ring (bicyclic) bond motifs is 1. The first-order valence-corrected chi connectivity index (χ1v) is 13.1. The number of methoxy groups -OCH3 is 1. The van der Waals surface area contributed by atoms with Crippen molar-refractivity contribution in [3.05, 3.63) is 59.2 Å². The predicted octanol–water partition coefficient (Wildman–Crippen LogP) is 5.54. The first-order chi connectivity index (χ1) is 18.2. The Morgan fingerprint density at radius 2 is 1.82 bits per heavy atom. The van der Waals surface area contributed by atoms with Gasteiger partial charge in [-0.15, -0.1) is 0 Å². The quantitative estimate of drug-likeness (QED) is 0.532. The van der Waals surface area contributed by atoms with Crippen LogP contribution in [0.3, 0.4) is 0 Å². The number of hydrogen-bond donors (Lipinski definition) is 1. The van der Waals surface area contributed by atoms with E-state index < -0.39 is 36.0 Å². The second-order valence-corrected chi connectivity index (χ2v) is 11.3. The Morgan fingerprint density at radius 1 is 1.13 bits per heavy atom. The number of alkyl halides is 3. The van der Waals surface area contributed by atoms with E-state index in [4.69, 9.17) is 15.2 Å². The van der Waals surface area contributed by atoms with Crippen molar-refractivity contribution in [3.8, 4) is 5.75 Å². The minimum atomic E-state index is -4.54. The van der Waals surface area contributed by atoms with Crippen molar-refractivity contribution < 1.29 is 32.2 Å². The van der Waals surface area contributed by atoms with Crippen LogP contribution in [0.15, 0.2) is 42.5 Å². The van der Waals surface area contributed by atoms with E-state index in [-0.39, 0.29) is 18.0 Å². The van der Waals surface area contributed by atoms with E-state index in [0.717, 1.165) is 10.5 Å². The van der Waals surface area contributed by atoms with Crippen LogP contribution in [0.4, 0.5) is 23.7 Å². The summed E-state index contributed by atoms with van der Waals surface area (Å²) in [7, 11) is 1.51. The zero-order chi connectivity index (χ0) is 28.6. The Hall–Kier alpha value is -3.27. The molecule has 212 valence electrons. The Kier molecular flexibility index (Phi) is 7.89. The van der Waals surface area contributed by atoms with Gasteiger partial charge in [-0.3, -0.25) is 9.69 Å². The van der Waals surface area contributed by atoms with Crippen LogP contribution in [0.2, 0.25) is 0 Å². The van der Waals surface area contributed by atoms with Gasteiger partial charge in [-0.2, -0.15) is 13.2 Å². The van der Waals surface area contributed by atoms with Crippen molar-refractivity contribution in [2.45, 2.75) is 70.3 Å². The van der Waals surface area contributed by atoms with Crippen LogP contribution in [0, 0.1) is 5.92 Å². The molecule has 0 aromatic heterocycles. The number of anilines is 1. The van der Waals surface area contributed by atoms with Crippen molar-refractivity contribution in [3.63, 3.8) is 0 Å². The van der Waals surface area contributed by atoms with Gasteiger partial charge >= 0.3 is 12.3 Å². The first-order valence-electron chi connectivity index (χ1n) is 13.1. The number of benzene rings is 2. The van der Waals surface area contributed by atoms with Crippen LogP contribution in [-0.2, 0) is 28.0 Å². The van der Waals surface area contributed by atoms with E-state index in [0.29, 0.717) is 49.1 Å². The molecule has 2 aliphatic rings. The molecule has 2 N–H and O–H groups in total. The molecule has 7 nitrogen and oxygen atoms in total. The van der Waals surface area contributed by atoms with E-state index in [9.17, 15) is 22.8 Å². The lowest BCUT2D eigenvalue weighted by molar-refractivity contribution is -0.132. The topological polar surface area (TPSA) is 85.1 Å². The van der Waals surface area contributed by atoms with E-state index in [1.54, 1.807) is 37.8 Å². The standard InChI is InChI=1S/C29H36F3N3O4/c1-27(2,3)39-26(37)35-14-8-11-22(29(35,33)21-9-6-5-7-10-21)15-20-16-23-19(17-24(20)38-4)12-13-25(36)34(23)18-28(30,31)32/h5-7,9-10,16-17,22H,8,11-15,18,33H2,1-4H3/t22-,29+/m0/s1. The smallest absolute Gasteiger partial charge is 0.412 e. The highest BCUT2D eigenvalue weighted by molar-refractivity contribution is 5.96. The highest BCUT2D eigenvalue weighted by Crippen LogP contribution is 2.43. The van der Waals surface area contributed by atoms with Crippen LogP contribution in [0.25, 0.3) is 0 Å². The molecule has 0 aliphatic carbocycles. The van der Waals surface area contributed by atoms with Gasteiger partial charge in [-0.25, -0.2) is 4.79 Å². The number of aryl methyl sites for hydroxylation is 1. The molecule has 0 saturated carbocycles. The summed E-state index contributed by atoms with van der Waals surface area (Å²) in [5.74, 6) is -0.370. The second kappa shape index (κ2) is 10.7. The summed E-state index contributed by atoms with van der Waals surface area (Å²) in [5.41, 5.74) is 7.42. The Balaban J connectivity index is 1.77. The maximum atomic E-state index is 13.4. The van der Waals surface area contributed by atoms with Crippen LogP contribution in [0.1, 0.15) is 56.7 Å². The zero-order valence-corrected chi connectivity index (χ0v) is 22.8. The third-order valence-electron chi connectivity index (χ3n) is 7.34. The van der Waals surface area contributed by atoms with Crippen molar-refractivity contribution in [2.75, 3.05) is 25.1 Å². The van der Waals surface area contributed by atoms with Crippen molar-refractivity contribution in [1.29, 1.82) is 0 Å². The summed E-state index contributed by atoms with van der Waals surface area (Å²) in [6.45, 7) is 4.41. The van der Waals surface area contributed by atoms with Gasteiger partial charge in [-0.1, -0.05) is 30.3 Å². The number of halogens is 3. The molecule has 10 heteroatoms. The third-order valence-corrected chi connectivity index (χ3v) is 7.34. The molecule has 2 aromatic carbocycles. The molecular formula is C29H36F3N3O4. The summed E-state index contributed by atoms with van der Waals surface area (Å²) in [5, 5.41) is 0. The van der Waals surface area contributed by atoms with Crippen LogP contribution in [0.5, 0.6) is 5.75 Å². The van der Waals surface area contributed by atoms with Crippen LogP contribution < -0.4 is 15.4 Å². The van der Waals surface area contributed by atoms with Gasteiger partial charge in [0.2, 0.25) is 5.91 Å². The number of rotatable bonds is 5. The summed E-state index contributed by atoms with van der Waals surface area (Å²) in [4.78, 5) is 28.3. The molecule has 2 aromatic rings. The summed E-state index contributed by atoms with van der Waals surface area (Å²) in [6, 6.07) is 12.6. The fraction of sp³-hybridized carbons (Fsp3) is 0.517. The van der Waals surface area contributed by atoms with Gasteiger partial charge in [0.25, 0.3) is 0 Å². The molecule has 1 fully saturated rings. The molecule has 1 saturated heterocycles. The number of carbonyl (C=O) groups excluding carboxylic acids is 2. The number of amides is 2. The molecule has 2 heterocycles. The van der Waals surface area contributed by atoms with E-state index in [2.05, 4.69) is 0 Å². The van der Waals surface area contributed by atoms with Crippen molar-refractivity contribution in [2.24, 2.45) is 11.7 Å². The number of nitrogens with two attached hydrogens (primary N) is 1. The number of carbonyl (C=O) groups is 2. The highest BCUT2D eigenvalue weighted by atomic mass is 19.4. The number of hydrogen-bond acceptors (Lipinski definition) is 5. The van der Waals surface area contributed by atoms with Gasteiger partial charge in [0.1, 0.15) is 23.6 Å². The zero-order valence-electron chi connectivity index (χ0n) is 22.8. The Morgan fingerprint density at radius 3 is 2.44 bits per heavy atom. The average molecular weight is 548 g/mol. The number of likely N-dealkylation sites (tertiary alicyclic amines) is 1. The summed E-state index contributed by atoms with van der Waals surface area (Å²) < 4.78 is 51.5. The predicted molar refractivity (Wildman–Crippen MR) is 141 cm³/mol. The van der Waals surface area contributed by atoms with Crippen molar-refractivity contribution >= 4 is 17.7 Å². The number of piperidine rings is 1. The molecular weight excluding hydrogens is 511 g/mol. The van der Waals surface area contributed by atoms with Gasteiger partial charge in [-0.05, 0) is 75.3 Å². The molecule has 2 aliphatic heterocycles. The average Bonchev–Trinajstić information content (AvgIpc) is 2.85. The number of ether oxygens (including phenoxy) is 2. The molecule has 2 amide bonds. The summed E-state index contributed by atoms with van der Waals surface area (Å²) >= 11 is 0. The molecule has 4 rings (SSSR count). The maximum Gasteiger partial charge on any atom is 0.412 e. The highest BCUT2D eigenvalue weighted by Gasteiger charge is 2.48. The van der Waals surface area contributed by atoms with Crippen LogP contribution >= 0.6 is 0 Å². The van der Waals surface area contributed by atoms with Crippen molar-refractivity contribution in [1.82, 2.24) is 4.90 Å². The van der Waals surface area contributed by atoms with Crippen LogP contribution in [-0.4, -0.2) is 48.9 Å². The Bertz CT molecular complexity index is 1210. The molecule has 0 radical (unpaired) electrons. The normalized spacial score (nSPS) is 21.9. The largest absolute Gasteiger partial charge is 0.496 e. The van der Waals surface area contributed by atoms with Gasteiger partial charge < -0.3 is 20.1 Å². The molecule has 2 atom stereocenters. The minimum absolute atomic E-state index is 0.00102. The fourth-order valence-corrected chi connectivity index (χ4v) is 5.62. The van der Waals surface area contributed by atoms with E-state index >= 15 is 0 Å². The molecule has 0 unspecified atom stereocenters. The molecule has 0 spiro atoms. The first kappa shape index (κ1) is 28.7. The van der Waals surface area contributed by atoms with Gasteiger partial charge in [0.05, 0.1) is 7.11 Å². The SMILES string of the molecule is COc1cc2c(cc1C[C@@H]1CCCN(C(=O)OC(C)(C)C)[C@]1(N)c1ccccc1)N(CC(F)(F)F)C(=O)CC2. The van der Waals surface area contributed by atoms with Gasteiger partial charge in [0.15, 0.2) is 0 Å². The fourth-order valence-electron chi connectivity index (χ4n) is 5.62. The Labute approximate surface area is 227 Å². The lowest BCUT2D eigenvalue weighted by Crippen LogP contribution is -2.63. The molecule has 0 bridgehead atoms. The second-order valence-electron chi connectivity index (χ2n) is 11.3. The minimum Gasteiger partial charge on any atom is -0.496 e. The van der Waals surface area contributed by atoms with E-state index in [1.807, 2.05) is 30.3 Å². The summed E-state index contributed by atoms with van der Waals surface area (Å²) in [6.07, 6.45) is -3.09. The molecule has 39 heavy (non-hydrogen) atoms. The number of nitrogens with zero attached hydrogens (tertiary/aromatic N) is 2. The lowest BCUT2D eigenvalue weighted by atomic mass is 9.75. The third kappa shape index (κ3) is 6.16.